The Kier molecular flexibility index (Phi) is 3.36. The largest absolute Gasteiger partial charge is 0.262 e. The molecule has 1 unspecified atom stereocenters. The highest BCUT2D eigenvalue weighted by atomic mass is 32.2. The molecule has 0 spiro atoms. The van der Waals surface area contributed by atoms with E-state index in [1.807, 2.05) is 0 Å². The van der Waals surface area contributed by atoms with Crippen molar-refractivity contribution in [2.45, 2.75) is 18.8 Å². The SMILES string of the molecule is O=C=Nc1cncc(C2CCCS(=O)(=O)C2)c1. The van der Waals surface area contributed by atoms with E-state index < -0.39 is 9.84 Å². The molecule has 0 amide bonds. The number of carbonyl (C=O) groups excluding carboxylic acids is 1. The van der Waals surface area contributed by atoms with Crippen LogP contribution in [-0.2, 0) is 14.6 Å². The van der Waals surface area contributed by atoms with Crippen LogP contribution < -0.4 is 0 Å². The summed E-state index contributed by atoms with van der Waals surface area (Å²) >= 11 is 0. The van der Waals surface area contributed by atoms with E-state index >= 15 is 0 Å². The second kappa shape index (κ2) is 4.77. The van der Waals surface area contributed by atoms with E-state index in [0.29, 0.717) is 12.1 Å². The Labute approximate surface area is 99.5 Å². The van der Waals surface area contributed by atoms with Gasteiger partial charge in [-0.15, -0.1) is 0 Å². The number of aromatic nitrogens is 1. The van der Waals surface area contributed by atoms with Gasteiger partial charge in [0.15, 0.2) is 9.84 Å². The topological polar surface area (TPSA) is 76.5 Å². The number of nitrogens with zero attached hydrogens (tertiary/aromatic N) is 2. The van der Waals surface area contributed by atoms with Gasteiger partial charge in [-0.05, 0) is 30.4 Å². The highest BCUT2D eigenvalue weighted by molar-refractivity contribution is 7.91. The van der Waals surface area contributed by atoms with Crippen molar-refractivity contribution < 1.29 is 13.2 Å². The summed E-state index contributed by atoms with van der Waals surface area (Å²) in [5.74, 6) is 0.384. The third-order valence-corrected chi connectivity index (χ3v) is 4.68. The number of isocyanates is 1. The molecule has 1 fully saturated rings. The monoisotopic (exact) mass is 252 g/mol. The molecule has 5 nitrogen and oxygen atoms in total. The van der Waals surface area contributed by atoms with Crippen LogP contribution in [-0.4, -0.2) is 31.0 Å². The third-order valence-electron chi connectivity index (χ3n) is 2.85. The Morgan fingerprint density at radius 3 is 2.94 bits per heavy atom. The molecule has 0 aliphatic carbocycles. The first-order valence-electron chi connectivity index (χ1n) is 5.34. The van der Waals surface area contributed by atoms with Crippen molar-refractivity contribution in [3.05, 3.63) is 24.0 Å². The Balaban J connectivity index is 2.27. The van der Waals surface area contributed by atoms with E-state index in [1.165, 1.54) is 12.3 Å². The molecule has 1 saturated heterocycles. The summed E-state index contributed by atoms with van der Waals surface area (Å²) < 4.78 is 23.1. The number of hydrogen-bond acceptors (Lipinski definition) is 5. The van der Waals surface area contributed by atoms with Crippen molar-refractivity contribution in [1.82, 2.24) is 4.98 Å². The quantitative estimate of drug-likeness (QED) is 0.588. The summed E-state index contributed by atoms with van der Waals surface area (Å²) in [7, 11) is -2.94. The van der Waals surface area contributed by atoms with Gasteiger partial charge in [0.2, 0.25) is 6.08 Å². The Morgan fingerprint density at radius 2 is 2.24 bits per heavy atom. The zero-order valence-electron chi connectivity index (χ0n) is 9.17. The van der Waals surface area contributed by atoms with Gasteiger partial charge < -0.3 is 0 Å². The van der Waals surface area contributed by atoms with Gasteiger partial charge in [0, 0.05) is 6.20 Å². The zero-order chi connectivity index (χ0) is 12.3. The van der Waals surface area contributed by atoms with Crippen LogP contribution in [0.25, 0.3) is 0 Å². The van der Waals surface area contributed by atoms with Gasteiger partial charge in [0.25, 0.3) is 0 Å². The van der Waals surface area contributed by atoms with E-state index in [2.05, 4.69) is 9.98 Å². The minimum absolute atomic E-state index is 0.0388. The number of aliphatic imine (C=N–C) groups is 1. The molecule has 0 aromatic carbocycles. The molecule has 1 aliphatic heterocycles. The fraction of sp³-hybridized carbons (Fsp3) is 0.455. The third kappa shape index (κ3) is 2.99. The van der Waals surface area contributed by atoms with Crippen LogP contribution in [0.5, 0.6) is 0 Å². The molecule has 2 heterocycles. The lowest BCUT2D eigenvalue weighted by Gasteiger charge is -2.21. The molecule has 6 heteroatoms. The second-order valence-electron chi connectivity index (χ2n) is 4.13. The van der Waals surface area contributed by atoms with E-state index in [1.54, 1.807) is 12.3 Å². The average molecular weight is 252 g/mol. The van der Waals surface area contributed by atoms with Crippen LogP contribution >= 0.6 is 0 Å². The predicted molar refractivity (Wildman–Crippen MR) is 62.6 cm³/mol. The van der Waals surface area contributed by atoms with Crippen LogP contribution in [0.1, 0.15) is 24.3 Å². The van der Waals surface area contributed by atoms with Crippen molar-refractivity contribution in [2.24, 2.45) is 4.99 Å². The van der Waals surface area contributed by atoms with Gasteiger partial charge in [-0.25, -0.2) is 13.2 Å². The summed E-state index contributed by atoms with van der Waals surface area (Å²) in [6, 6.07) is 1.70. The maximum atomic E-state index is 11.5. The molecule has 0 saturated carbocycles. The fourth-order valence-corrected chi connectivity index (χ4v) is 3.81. The molecule has 0 bridgehead atoms. The average Bonchev–Trinajstić information content (AvgIpc) is 2.28. The van der Waals surface area contributed by atoms with Gasteiger partial charge >= 0.3 is 0 Å². The number of hydrogen-bond donors (Lipinski definition) is 0. The van der Waals surface area contributed by atoms with Crippen molar-refractivity contribution in [1.29, 1.82) is 0 Å². The van der Waals surface area contributed by atoms with E-state index in [4.69, 9.17) is 0 Å². The molecule has 0 radical (unpaired) electrons. The Hall–Kier alpha value is -1.52. The summed E-state index contributed by atoms with van der Waals surface area (Å²) in [6.07, 6.45) is 6.03. The first kappa shape index (κ1) is 12.0. The molecule has 1 atom stereocenters. The maximum Gasteiger partial charge on any atom is 0.240 e. The van der Waals surface area contributed by atoms with Gasteiger partial charge in [0.05, 0.1) is 23.4 Å². The smallest absolute Gasteiger partial charge is 0.240 e. The van der Waals surface area contributed by atoms with Gasteiger partial charge in [-0.3, -0.25) is 4.98 Å². The van der Waals surface area contributed by atoms with Crippen LogP contribution in [0.4, 0.5) is 5.69 Å². The van der Waals surface area contributed by atoms with Gasteiger partial charge in [-0.1, -0.05) is 0 Å². The molecule has 1 aromatic heterocycles. The summed E-state index contributed by atoms with van der Waals surface area (Å²) in [4.78, 5) is 17.6. The van der Waals surface area contributed by atoms with Gasteiger partial charge in [-0.2, -0.15) is 4.99 Å². The normalized spacial score (nSPS) is 22.7. The number of pyridine rings is 1. The maximum absolute atomic E-state index is 11.5. The zero-order valence-corrected chi connectivity index (χ0v) is 9.98. The van der Waals surface area contributed by atoms with Crippen molar-refractivity contribution >= 4 is 21.6 Å². The lowest BCUT2D eigenvalue weighted by atomic mass is 9.97. The molecular weight excluding hydrogens is 240 g/mol. The minimum Gasteiger partial charge on any atom is -0.262 e. The molecule has 0 N–H and O–H groups in total. The molecule has 90 valence electrons. The van der Waals surface area contributed by atoms with Crippen molar-refractivity contribution in [3.63, 3.8) is 0 Å². The van der Waals surface area contributed by atoms with Crippen molar-refractivity contribution in [3.8, 4) is 0 Å². The molecule has 1 aliphatic rings. The van der Waals surface area contributed by atoms with Crippen LogP contribution in [0.2, 0.25) is 0 Å². The number of rotatable bonds is 2. The molecular formula is C11H12N2O3S. The van der Waals surface area contributed by atoms with Crippen LogP contribution in [0, 0.1) is 0 Å². The van der Waals surface area contributed by atoms with Gasteiger partial charge in [0.1, 0.15) is 0 Å². The Morgan fingerprint density at radius 1 is 1.41 bits per heavy atom. The summed E-state index contributed by atoms with van der Waals surface area (Å²) in [6.45, 7) is 0. The molecule has 1 aromatic rings. The lowest BCUT2D eigenvalue weighted by Crippen LogP contribution is -2.23. The van der Waals surface area contributed by atoms with Crippen LogP contribution in [0.15, 0.2) is 23.5 Å². The summed E-state index contributed by atoms with van der Waals surface area (Å²) in [5, 5.41) is 0. The molecule has 2 rings (SSSR count). The van der Waals surface area contributed by atoms with E-state index in [-0.39, 0.29) is 17.4 Å². The predicted octanol–water partition coefficient (Wildman–Crippen LogP) is 1.34. The fourth-order valence-electron chi connectivity index (χ4n) is 2.07. The highest BCUT2D eigenvalue weighted by Crippen LogP contribution is 2.29. The standard InChI is InChI=1S/C11H12N2O3S/c14-8-13-11-4-10(5-12-6-11)9-2-1-3-17(15,16)7-9/h4-6,9H,1-3,7H2. The van der Waals surface area contributed by atoms with Crippen molar-refractivity contribution in [2.75, 3.05) is 11.5 Å². The number of sulfone groups is 1. The first-order chi connectivity index (χ1) is 8.11. The van der Waals surface area contributed by atoms with Crippen LogP contribution in [0.3, 0.4) is 0 Å². The highest BCUT2D eigenvalue weighted by Gasteiger charge is 2.26. The molecule has 17 heavy (non-hydrogen) atoms. The Bertz CT molecular complexity index is 562. The minimum atomic E-state index is -2.94. The second-order valence-corrected chi connectivity index (χ2v) is 6.36. The lowest BCUT2D eigenvalue weighted by molar-refractivity contribution is 0.553. The van der Waals surface area contributed by atoms with E-state index in [9.17, 15) is 13.2 Å². The first-order valence-corrected chi connectivity index (χ1v) is 7.16. The summed E-state index contributed by atoms with van der Waals surface area (Å²) in [5.41, 5.74) is 1.24. The van der Waals surface area contributed by atoms with E-state index in [0.717, 1.165) is 12.0 Å².